The van der Waals surface area contributed by atoms with E-state index in [4.69, 9.17) is 9.97 Å². The number of nitrogens with one attached hydrogen (secondary N) is 1. The summed E-state index contributed by atoms with van der Waals surface area (Å²) in [6.07, 6.45) is 5.47. The Morgan fingerprint density at radius 2 is 1.96 bits per heavy atom. The summed E-state index contributed by atoms with van der Waals surface area (Å²) in [4.78, 5) is 14.0. The summed E-state index contributed by atoms with van der Waals surface area (Å²) in [6.45, 7) is 0.621. The quantitative estimate of drug-likeness (QED) is 0.481. The maximum absolute atomic E-state index is 4.77. The van der Waals surface area contributed by atoms with Crippen LogP contribution in [0.5, 0.6) is 0 Å². The molecular weight excluding hydrogens is 368 g/mol. The van der Waals surface area contributed by atoms with Crippen LogP contribution in [0.1, 0.15) is 5.56 Å². The van der Waals surface area contributed by atoms with Gasteiger partial charge in [-0.25, -0.2) is 19.6 Å². The highest BCUT2D eigenvalue weighted by Crippen LogP contribution is 2.26. The molecule has 0 aliphatic rings. The van der Waals surface area contributed by atoms with Crippen molar-refractivity contribution in [2.24, 2.45) is 0 Å². The lowest BCUT2D eigenvalue weighted by molar-refractivity contribution is 0.843. The van der Waals surface area contributed by atoms with Crippen LogP contribution in [0, 0.1) is 0 Å². The molecule has 0 amide bonds. The van der Waals surface area contributed by atoms with Crippen molar-refractivity contribution in [3.8, 4) is 17.2 Å². The number of anilines is 1. The summed E-state index contributed by atoms with van der Waals surface area (Å²) in [5.74, 6) is 2.35. The highest BCUT2D eigenvalue weighted by atomic mass is 32.1. The van der Waals surface area contributed by atoms with Crippen LogP contribution in [0.15, 0.2) is 77.9 Å². The van der Waals surface area contributed by atoms with Crippen molar-refractivity contribution in [3.05, 3.63) is 83.4 Å². The summed E-state index contributed by atoms with van der Waals surface area (Å²) in [7, 11) is 0. The first-order valence-electron chi connectivity index (χ1n) is 8.85. The summed E-state index contributed by atoms with van der Waals surface area (Å²) >= 11 is 1.64. The molecule has 0 radical (unpaired) electrons. The van der Waals surface area contributed by atoms with E-state index in [9.17, 15) is 0 Å². The molecule has 28 heavy (non-hydrogen) atoms. The van der Waals surface area contributed by atoms with E-state index >= 15 is 0 Å². The SMILES string of the molecule is c1ccc2c(NCc3ccc(-n4cccn4)nc3)nc(-c3ccsc3)nc2c1. The van der Waals surface area contributed by atoms with E-state index in [1.54, 1.807) is 22.2 Å². The number of aromatic nitrogens is 5. The zero-order valence-electron chi connectivity index (χ0n) is 14.9. The van der Waals surface area contributed by atoms with Crippen molar-refractivity contribution in [2.75, 3.05) is 5.32 Å². The Morgan fingerprint density at radius 3 is 2.75 bits per heavy atom. The number of pyridine rings is 1. The maximum atomic E-state index is 4.77. The number of nitrogens with zero attached hydrogens (tertiary/aromatic N) is 5. The third-order valence-electron chi connectivity index (χ3n) is 4.39. The number of benzene rings is 1. The first-order valence-corrected chi connectivity index (χ1v) is 9.79. The van der Waals surface area contributed by atoms with Gasteiger partial charge in [0.2, 0.25) is 0 Å². The fourth-order valence-electron chi connectivity index (χ4n) is 2.98. The van der Waals surface area contributed by atoms with Crippen molar-refractivity contribution in [1.82, 2.24) is 24.7 Å². The number of thiophene rings is 1. The first-order chi connectivity index (χ1) is 13.9. The lowest BCUT2D eigenvalue weighted by Crippen LogP contribution is -2.05. The molecule has 1 aromatic carbocycles. The Kier molecular flexibility index (Phi) is 4.27. The maximum Gasteiger partial charge on any atom is 0.162 e. The second-order valence-electron chi connectivity index (χ2n) is 6.25. The normalized spacial score (nSPS) is 11.0. The lowest BCUT2D eigenvalue weighted by atomic mass is 10.2. The minimum atomic E-state index is 0.621. The smallest absolute Gasteiger partial charge is 0.162 e. The number of fused-ring (bicyclic) bond motifs is 1. The fraction of sp³-hybridized carbons (Fsp3) is 0.0476. The second-order valence-corrected chi connectivity index (χ2v) is 7.03. The summed E-state index contributed by atoms with van der Waals surface area (Å²) in [5, 5.41) is 12.8. The van der Waals surface area contributed by atoms with Crippen molar-refractivity contribution in [2.45, 2.75) is 6.54 Å². The number of para-hydroxylation sites is 1. The average Bonchev–Trinajstić information content (AvgIpc) is 3.46. The standard InChI is InChI=1S/C21H16N6S/c1-2-5-18-17(4-1)21(26-20(25-18)16-8-11-28-14-16)23-13-15-6-7-19(22-12-15)27-10-3-9-24-27/h1-12,14H,13H2,(H,23,25,26). The highest BCUT2D eigenvalue weighted by molar-refractivity contribution is 7.08. The van der Waals surface area contributed by atoms with Crippen LogP contribution in [0.2, 0.25) is 0 Å². The average molecular weight is 384 g/mol. The molecule has 4 aromatic heterocycles. The second kappa shape index (κ2) is 7.21. The summed E-state index contributed by atoms with van der Waals surface area (Å²) in [5.41, 5.74) is 3.02. The molecule has 0 aliphatic heterocycles. The van der Waals surface area contributed by atoms with E-state index < -0.39 is 0 Å². The van der Waals surface area contributed by atoms with Crippen LogP contribution < -0.4 is 5.32 Å². The lowest BCUT2D eigenvalue weighted by Gasteiger charge is -2.11. The van der Waals surface area contributed by atoms with Gasteiger partial charge in [-0.2, -0.15) is 16.4 Å². The van der Waals surface area contributed by atoms with Gasteiger partial charge in [0.25, 0.3) is 0 Å². The summed E-state index contributed by atoms with van der Waals surface area (Å²) in [6, 6.07) is 16.0. The van der Waals surface area contributed by atoms with E-state index in [1.807, 2.05) is 66.3 Å². The Morgan fingerprint density at radius 1 is 1.00 bits per heavy atom. The van der Waals surface area contributed by atoms with Gasteiger partial charge in [0.05, 0.1) is 5.52 Å². The van der Waals surface area contributed by atoms with Crippen molar-refractivity contribution in [3.63, 3.8) is 0 Å². The van der Waals surface area contributed by atoms with Gasteiger partial charge in [-0.1, -0.05) is 18.2 Å². The molecule has 1 N–H and O–H groups in total. The molecule has 0 spiro atoms. The van der Waals surface area contributed by atoms with Gasteiger partial charge in [-0.15, -0.1) is 0 Å². The zero-order valence-corrected chi connectivity index (χ0v) is 15.7. The van der Waals surface area contributed by atoms with Crippen LogP contribution in [0.25, 0.3) is 28.1 Å². The van der Waals surface area contributed by atoms with Gasteiger partial charge in [0.1, 0.15) is 5.82 Å². The molecule has 6 nitrogen and oxygen atoms in total. The van der Waals surface area contributed by atoms with Gasteiger partial charge < -0.3 is 5.32 Å². The monoisotopic (exact) mass is 384 g/mol. The zero-order chi connectivity index (χ0) is 18.8. The van der Waals surface area contributed by atoms with Crippen LogP contribution in [-0.2, 0) is 6.54 Å². The molecule has 0 bridgehead atoms. The van der Waals surface area contributed by atoms with Crippen molar-refractivity contribution < 1.29 is 0 Å². The van der Waals surface area contributed by atoms with E-state index in [0.29, 0.717) is 6.54 Å². The van der Waals surface area contributed by atoms with Gasteiger partial charge in [0, 0.05) is 41.5 Å². The Labute approximate surface area is 165 Å². The third-order valence-corrected chi connectivity index (χ3v) is 5.07. The Bertz CT molecular complexity index is 1200. The fourth-order valence-corrected chi connectivity index (χ4v) is 3.61. The first kappa shape index (κ1) is 16.6. The van der Waals surface area contributed by atoms with Gasteiger partial charge >= 0.3 is 0 Å². The molecule has 0 unspecified atom stereocenters. The molecule has 0 atom stereocenters. The number of rotatable bonds is 5. The Balaban J connectivity index is 1.43. The van der Waals surface area contributed by atoms with E-state index in [-0.39, 0.29) is 0 Å². The number of hydrogen-bond acceptors (Lipinski definition) is 6. The molecule has 4 heterocycles. The van der Waals surface area contributed by atoms with Crippen LogP contribution in [0.4, 0.5) is 5.82 Å². The van der Waals surface area contributed by atoms with E-state index in [0.717, 1.165) is 39.5 Å². The molecule has 136 valence electrons. The van der Waals surface area contributed by atoms with Crippen molar-refractivity contribution >= 4 is 28.1 Å². The topological polar surface area (TPSA) is 68.5 Å². The molecule has 0 saturated carbocycles. The van der Waals surface area contributed by atoms with E-state index in [2.05, 4.69) is 20.8 Å². The third kappa shape index (κ3) is 3.23. The predicted molar refractivity (Wildman–Crippen MR) is 112 cm³/mol. The van der Waals surface area contributed by atoms with Gasteiger partial charge in [-0.3, -0.25) is 0 Å². The number of hydrogen-bond donors (Lipinski definition) is 1. The van der Waals surface area contributed by atoms with Crippen LogP contribution in [-0.4, -0.2) is 24.7 Å². The molecule has 5 aromatic rings. The predicted octanol–water partition coefficient (Wildman–Crippen LogP) is 4.55. The van der Waals surface area contributed by atoms with E-state index in [1.165, 1.54) is 0 Å². The largest absolute Gasteiger partial charge is 0.365 e. The molecule has 0 saturated heterocycles. The minimum absolute atomic E-state index is 0.621. The van der Waals surface area contributed by atoms with Gasteiger partial charge in [-0.05, 0) is 41.3 Å². The molecule has 7 heteroatoms. The van der Waals surface area contributed by atoms with Crippen LogP contribution in [0.3, 0.4) is 0 Å². The van der Waals surface area contributed by atoms with Gasteiger partial charge in [0.15, 0.2) is 11.6 Å². The summed E-state index contributed by atoms with van der Waals surface area (Å²) < 4.78 is 1.74. The Hall–Kier alpha value is -3.58. The highest BCUT2D eigenvalue weighted by Gasteiger charge is 2.09. The molecule has 5 rings (SSSR count). The molecule has 0 fully saturated rings. The van der Waals surface area contributed by atoms with Crippen molar-refractivity contribution in [1.29, 1.82) is 0 Å². The van der Waals surface area contributed by atoms with Crippen LogP contribution >= 0.6 is 11.3 Å². The molecule has 0 aliphatic carbocycles. The minimum Gasteiger partial charge on any atom is -0.365 e. The molecular formula is C21H16N6S.